The fraction of sp³-hybridized carbons (Fsp3) is 0.700. The molecule has 96 valence electrons. The third kappa shape index (κ3) is 2.81. The Bertz CT molecular complexity index is 452. The lowest BCUT2D eigenvalue weighted by Crippen LogP contribution is -2.37. The zero-order valence-corrected chi connectivity index (χ0v) is 11.0. The van der Waals surface area contributed by atoms with Gasteiger partial charge in [-0.3, -0.25) is 5.10 Å². The standard InChI is InChI=1S/C10H16ClN3O2S/c11-7-10(3-1-2-4-10)8-14-17(15,16)9-5-12-13-6-9/h5-6,14H,1-4,7-8H2,(H,12,13). The summed E-state index contributed by atoms with van der Waals surface area (Å²) in [5.74, 6) is 0.501. The van der Waals surface area contributed by atoms with Crippen LogP contribution in [0.15, 0.2) is 17.3 Å². The van der Waals surface area contributed by atoms with E-state index in [2.05, 4.69) is 14.9 Å². The minimum absolute atomic E-state index is 0.0711. The molecular formula is C10H16ClN3O2S. The Morgan fingerprint density at radius 2 is 2.18 bits per heavy atom. The van der Waals surface area contributed by atoms with E-state index in [0.717, 1.165) is 25.7 Å². The van der Waals surface area contributed by atoms with Crippen molar-refractivity contribution in [3.63, 3.8) is 0 Å². The minimum Gasteiger partial charge on any atom is -0.284 e. The van der Waals surface area contributed by atoms with Crippen LogP contribution in [0.4, 0.5) is 0 Å². The summed E-state index contributed by atoms with van der Waals surface area (Å²) in [7, 11) is -3.46. The van der Waals surface area contributed by atoms with Crippen molar-refractivity contribution in [2.24, 2.45) is 5.41 Å². The highest BCUT2D eigenvalue weighted by Gasteiger charge is 2.34. The van der Waals surface area contributed by atoms with Gasteiger partial charge in [-0.1, -0.05) is 12.8 Å². The maximum absolute atomic E-state index is 11.9. The maximum atomic E-state index is 11.9. The molecule has 0 saturated heterocycles. The molecule has 0 aromatic carbocycles. The quantitative estimate of drug-likeness (QED) is 0.801. The summed E-state index contributed by atoms with van der Waals surface area (Å²) >= 11 is 5.96. The summed E-state index contributed by atoms with van der Waals surface area (Å²) in [6, 6.07) is 0. The third-order valence-electron chi connectivity index (χ3n) is 3.37. The van der Waals surface area contributed by atoms with Gasteiger partial charge in [0.2, 0.25) is 10.0 Å². The van der Waals surface area contributed by atoms with Gasteiger partial charge >= 0.3 is 0 Å². The van der Waals surface area contributed by atoms with E-state index >= 15 is 0 Å². The second kappa shape index (κ2) is 4.96. The smallest absolute Gasteiger partial charge is 0.243 e. The van der Waals surface area contributed by atoms with Crippen LogP contribution in [0.1, 0.15) is 25.7 Å². The van der Waals surface area contributed by atoms with Crippen molar-refractivity contribution >= 4 is 21.6 Å². The van der Waals surface area contributed by atoms with Crippen molar-refractivity contribution < 1.29 is 8.42 Å². The number of hydrogen-bond acceptors (Lipinski definition) is 3. The summed E-state index contributed by atoms with van der Waals surface area (Å²) in [5.41, 5.74) is -0.0711. The zero-order chi connectivity index (χ0) is 12.4. The fourth-order valence-electron chi connectivity index (χ4n) is 2.20. The predicted octanol–water partition coefficient (Wildman–Crippen LogP) is 1.49. The van der Waals surface area contributed by atoms with Gasteiger partial charge in [-0.2, -0.15) is 5.10 Å². The molecule has 0 amide bonds. The number of nitrogens with one attached hydrogen (secondary N) is 2. The molecule has 2 rings (SSSR count). The van der Waals surface area contributed by atoms with Crippen LogP contribution in [0.5, 0.6) is 0 Å². The summed E-state index contributed by atoms with van der Waals surface area (Å²) in [6.07, 6.45) is 6.89. The van der Waals surface area contributed by atoms with Gasteiger partial charge in [-0.25, -0.2) is 13.1 Å². The third-order valence-corrected chi connectivity index (χ3v) is 5.30. The Morgan fingerprint density at radius 1 is 1.47 bits per heavy atom. The number of aromatic amines is 1. The van der Waals surface area contributed by atoms with Gasteiger partial charge in [0.05, 0.1) is 6.20 Å². The van der Waals surface area contributed by atoms with Crippen molar-refractivity contribution in [3.8, 4) is 0 Å². The molecule has 1 aromatic heterocycles. The topological polar surface area (TPSA) is 74.8 Å². The molecule has 1 fully saturated rings. The lowest BCUT2D eigenvalue weighted by molar-refractivity contribution is 0.342. The molecule has 1 heterocycles. The summed E-state index contributed by atoms with van der Waals surface area (Å²) in [4.78, 5) is 0.167. The summed E-state index contributed by atoms with van der Waals surface area (Å²) < 4.78 is 26.4. The molecule has 0 atom stereocenters. The van der Waals surface area contributed by atoms with Crippen LogP contribution in [-0.2, 0) is 10.0 Å². The minimum atomic E-state index is -3.46. The van der Waals surface area contributed by atoms with Gasteiger partial charge in [0.1, 0.15) is 4.90 Å². The lowest BCUT2D eigenvalue weighted by Gasteiger charge is -2.26. The van der Waals surface area contributed by atoms with Crippen molar-refractivity contribution in [1.82, 2.24) is 14.9 Å². The first-order valence-corrected chi connectivity index (χ1v) is 7.64. The van der Waals surface area contributed by atoms with Gasteiger partial charge in [-0.15, -0.1) is 11.6 Å². The van der Waals surface area contributed by atoms with Crippen molar-refractivity contribution in [2.45, 2.75) is 30.6 Å². The van der Waals surface area contributed by atoms with Crippen LogP contribution in [-0.4, -0.2) is 31.0 Å². The molecule has 0 radical (unpaired) electrons. The highest BCUT2D eigenvalue weighted by Crippen LogP contribution is 2.38. The van der Waals surface area contributed by atoms with E-state index in [1.165, 1.54) is 12.4 Å². The number of nitrogens with zero attached hydrogens (tertiary/aromatic N) is 1. The van der Waals surface area contributed by atoms with Gasteiger partial charge in [0.25, 0.3) is 0 Å². The monoisotopic (exact) mass is 277 g/mol. The molecule has 1 aliphatic carbocycles. The number of halogens is 1. The number of rotatable bonds is 5. The van der Waals surface area contributed by atoms with Gasteiger partial charge in [0, 0.05) is 18.6 Å². The van der Waals surface area contributed by atoms with Crippen LogP contribution < -0.4 is 4.72 Å². The average molecular weight is 278 g/mol. The largest absolute Gasteiger partial charge is 0.284 e. The molecule has 0 bridgehead atoms. The Morgan fingerprint density at radius 3 is 2.71 bits per heavy atom. The van der Waals surface area contributed by atoms with Crippen molar-refractivity contribution in [2.75, 3.05) is 12.4 Å². The van der Waals surface area contributed by atoms with Gasteiger partial charge in [0.15, 0.2) is 0 Å². The summed E-state index contributed by atoms with van der Waals surface area (Å²) in [5, 5.41) is 6.13. The van der Waals surface area contributed by atoms with Gasteiger partial charge < -0.3 is 0 Å². The number of aromatic nitrogens is 2. The fourth-order valence-corrected chi connectivity index (χ4v) is 3.62. The SMILES string of the molecule is O=S(=O)(NCC1(CCl)CCCC1)c1cn[nH]c1. The van der Waals surface area contributed by atoms with Crippen LogP contribution in [0.3, 0.4) is 0 Å². The normalized spacial score (nSPS) is 19.6. The molecular weight excluding hydrogens is 262 g/mol. The van der Waals surface area contributed by atoms with E-state index in [1.807, 2.05) is 0 Å². The highest BCUT2D eigenvalue weighted by atomic mass is 35.5. The number of alkyl halides is 1. The first-order chi connectivity index (χ1) is 8.08. The molecule has 5 nitrogen and oxygen atoms in total. The first-order valence-electron chi connectivity index (χ1n) is 5.62. The van der Waals surface area contributed by atoms with Crippen molar-refractivity contribution in [3.05, 3.63) is 12.4 Å². The van der Waals surface area contributed by atoms with Crippen LogP contribution in [0, 0.1) is 5.41 Å². The lowest BCUT2D eigenvalue weighted by atomic mass is 9.89. The zero-order valence-electron chi connectivity index (χ0n) is 9.45. The molecule has 17 heavy (non-hydrogen) atoms. The molecule has 1 aromatic rings. The van der Waals surface area contributed by atoms with Crippen LogP contribution in [0.2, 0.25) is 0 Å². The molecule has 0 spiro atoms. The van der Waals surface area contributed by atoms with E-state index < -0.39 is 10.0 Å². The number of H-pyrrole nitrogens is 1. The highest BCUT2D eigenvalue weighted by molar-refractivity contribution is 7.89. The second-order valence-electron chi connectivity index (χ2n) is 4.60. The molecule has 0 aliphatic heterocycles. The average Bonchev–Trinajstić information content (AvgIpc) is 2.99. The van der Waals surface area contributed by atoms with Crippen LogP contribution in [0.25, 0.3) is 0 Å². The van der Waals surface area contributed by atoms with Crippen molar-refractivity contribution in [1.29, 1.82) is 0 Å². The Hall–Kier alpha value is -0.590. The van der Waals surface area contributed by atoms with E-state index in [4.69, 9.17) is 11.6 Å². The number of sulfonamides is 1. The van der Waals surface area contributed by atoms with Gasteiger partial charge in [-0.05, 0) is 18.3 Å². The van der Waals surface area contributed by atoms with E-state index in [-0.39, 0.29) is 10.3 Å². The molecule has 0 unspecified atom stereocenters. The molecule has 1 saturated carbocycles. The maximum Gasteiger partial charge on any atom is 0.243 e. The van der Waals surface area contributed by atoms with E-state index in [0.29, 0.717) is 12.4 Å². The number of hydrogen-bond donors (Lipinski definition) is 2. The van der Waals surface area contributed by atoms with Crippen LogP contribution >= 0.6 is 11.6 Å². The molecule has 7 heteroatoms. The molecule has 1 aliphatic rings. The first kappa shape index (κ1) is 12.9. The molecule has 2 N–H and O–H groups in total. The Kier molecular flexibility index (Phi) is 3.75. The van der Waals surface area contributed by atoms with E-state index in [9.17, 15) is 8.42 Å². The predicted molar refractivity (Wildman–Crippen MR) is 65.4 cm³/mol. The Balaban J connectivity index is 2.02. The Labute approximate surface area is 106 Å². The van der Waals surface area contributed by atoms with E-state index in [1.54, 1.807) is 0 Å². The second-order valence-corrected chi connectivity index (χ2v) is 6.63. The summed E-state index contributed by atoms with van der Waals surface area (Å²) in [6.45, 7) is 0.407.